The number of nitrogens with one attached hydrogen (secondary N) is 2. The molecule has 1 saturated heterocycles. The van der Waals surface area contributed by atoms with Crippen molar-refractivity contribution in [3.8, 4) is 0 Å². The molecule has 6 heteroatoms. The van der Waals surface area contributed by atoms with E-state index in [1.165, 1.54) is 11.1 Å². The standard InChI is InChI=1S/C21H19N3O3/c1-13(22-16-11-10-14-6-5-7-15(14)12-16)18-19(25)23-21(27)24(20(18)26)17-8-3-2-4-9-17/h2-4,8-12,18,22H,1,5-7H2,(H,23,25,27)/t18-/m0/s1. The van der Waals surface area contributed by atoms with Crippen LogP contribution in [0.2, 0.25) is 0 Å². The van der Waals surface area contributed by atoms with Crippen LogP contribution in [-0.2, 0) is 22.4 Å². The SMILES string of the molecule is C=C(Nc1ccc2c(c1)CCC2)[C@H]1C(=O)NC(=O)N(c2ccccc2)C1=O. The lowest BCUT2D eigenvalue weighted by molar-refractivity contribution is -0.132. The molecule has 2 aliphatic rings. The minimum Gasteiger partial charge on any atom is -0.358 e. The number of urea groups is 1. The van der Waals surface area contributed by atoms with Crippen molar-refractivity contribution in [2.75, 3.05) is 10.2 Å². The molecule has 2 aromatic carbocycles. The third kappa shape index (κ3) is 3.10. The highest BCUT2D eigenvalue weighted by Crippen LogP contribution is 2.28. The van der Waals surface area contributed by atoms with Crippen LogP contribution in [0.3, 0.4) is 0 Å². The van der Waals surface area contributed by atoms with Gasteiger partial charge in [-0.25, -0.2) is 9.69 Å². The van der Waals surface area contributed by atoms with E-state index in [0.29, 0.717) is 5.69 Å². The first-order chi connectivity index (χ1) is 13.0. The second kappa shape index (κ2) is 6.72. The summed E-state index contributed by atoms with van der Waals surface area (Å²) in [7, 11) is 0. The van der Waals surface area contributed by atoms with Crippen molar-refractivity contribution in [2.45, 2.75) is 19.3 Å². The summed E-state index contributed by atoms with van der Waals surface area (Å²) in [5, 5.41) is 5.32. The molecule has 0 bridgehead atoms. The molecule has 27 heavy (non-hydrogen) atoms. The fourth-order valence-corrected chi connectivity index (χ4v) is 3.61. The van der Waals surface area contributed by atoms with Gasteiger partial charge in [-0.3, -0.25) is 14.9 Å². The van der Waals surface area contributed by atoms with Crippen LogP contribution in [0, 0.1) is 5.92 Å². The topological polar surface area (TPSA) is 78.5 Å². The quantitative estimate of drug-likeness (QED) is 0.821. The zero-order chi connectivity index (χ0) is 19.0. The first kappa shape index (κ1) is 17.0. The Hall–Kier alpha value is -3.41. The van der Waals surface area contributed by atoms with Gasteiger partial charge in [0.2, 0.25) is 5.91 Å². The average molecular weight is 361 g/mol. The van der Waals surface area contributed by atoms with Gasteiger partial charge in [-0.15, -0.1) is 0 Å². The number of rotatable bonds is 4. The summed E-state index contributed by atoms with van der Waals surface area (Å²) in [6.07, 6.45) is 3.24. The summed E-state index contributed by atoms with van der Waals surface area (Å²) in [6, 6.07) is 13.8. The summed E-state index contributed by atoms with van der Waals surface area (Å²) < 4.78 is 0. The number of anilines is 2. The number of para-hydroxylation sites is 1. The van der Waals surface area contributed by atoms with Gasteiger partial charge in [0.1, 0.15) is 0 Å². The number of hydrogen-bond acceptors (Lipinski definition) is 4. The number of barbiturate groups is 1. The van der Waals surface area contributed by atoms with Gasteiger partial charge < -0.3 is 5.32 Å². The number of amides is 4. The van der Waals surface area contributed by atoms with Crippen LogP contribution in [0.1, 0.15) is 17.5 Å². The molecular formula is C21H19N3O3. The maximum atomic E-state index is 12.9. The lowest BCUT2D eigenvalue weighted by atomic mass is 10.00. The third-order valence-corrected chi connectivity index (χ3v) is 4.93. The van der Waals surface area contributed by atoms with E-state index in [2.05, 4.69) is 23.3 Å². The molecular weight excluding hydrogens is 342 g/mol. The summed E-state index contributed by atoms with van der Waals surface area (Å²) >= 11 is 0. The molecule has 1 fully saturated rings. The Kier molecular flexibility index (Phi) is 4.24. The van der Waals surface area contributed by atoms with Gasteiger partial charge in [0.15, 0.2) is 5.92 Å². The molecule has 1 heterocycles. The molecule has 0 unspecified atom stereocenters. The molecule has 0 spiro atoms. The van der Waals surface area contributed by atoms with Crippen LogP contribution in [-0.4, -0.2) is 17.8 Å². The van der Waals surface area contributed by atoms with Crippen LogP contribution in [0.15, 0.2) is 60.8 Å². The van der Waals surface area contributed by atoms with Crippen LogP contribution >= 0.6 is 0 Å². The van der Waals surface area contributed by atoms with E-state index < -0.39 is 23.8 Å². The predicted molar refractivity (Wildman–Crippen MR) is 102 cm³/mol. The van der Waals surface area contributed by atoms with Gasteiger partial charge in [0.25, 0.3) is 5.91 Å². The van der Waals surface area contributed by atoms with Crippen LogP contribution in [0.25, 0.3) is 0 Å². The molecule has 6 nitrogen and oxygen atoms in total. The molecule has 136 valence electrons. The van der Waals surface area contributed by atoms with E-state index >= 15 is 0 Å². The van der Waals surface area contributed by atoms with Crippen LogP contribution in [0.5, 0.6) is 0 Å². The zero-order valence-corrected chi connectivity index (χ0v) is 14.7. The molecule has 1 aliphatic carbocycles. The van der Waals surface area contributed by atoms with E-state index in [1.807, 2.05) is 12.1 Å². The van der Waals surface area contributed by atoms with Crippen LogP contribution in [0.4, 0.5) is 16.2 Å². The number of hydrogen-bond donors (Lipinski definition) is 2. The predicted octanol–water partition coefficient (Wildman–Crippen LogP) is 3.00. The fourth-order valence-electron chi connectivity index (χ4n) is 3.61. The third-order valence-electron chi connectivity index (χ3n) is 4.93. The first-order valence-corrected chi connectivity index (χ1v) is 8.86. The second-order valence-corrected chi connectivity index (χ2v) is 6.72. The number of carbonyl (C=O) groups excluding carboxylic acids is 3. The van der Waals surface area contributed by atoms with Crippen LogP contribution < -0.4 is 15.5 Å². The first-order valence-electron chi connectivity index (χ1n) is 8.86. The molecule has 0 radical (unpaired) electrons. The number of benzene rings is 2. The van der Waals surface area contributed by atoms with E-state index in [0.717, 1.165) is 29.8 Å². The van der Waals surface area contributed by atoms with E-state index in [-0.39, 0.29) is 5.70 Å². The summed E-state index contributed by atoms with van der Waals surface area (Å²) in [4.78, 5) is 38.4. The Morgan fingerprint density at radius 1 is 1.04 bits per heavy atom. The monoisotopic (exact) mass is 361 g/mol. The van der Waals surface area contributed by atoms with Crippen molar-refractivity contribution in [1.29, 1.82) is 0 Å². The van der Waals surface area contributed by atoms with Gasteiger partial charge in [0, 0.05) is 11.4 Å². The minimum absolute atomic E-state index is 0.240. The Balaban J connectivity index is 1.58. The number of carbonyl (C=O) groups is 3. The van der Waals surface area contributed by atoms with Gasteiger partial charge in [-0.1, -0.05) is 30.8 Å². The Morgan fingerprint density at radius 3 is 2.56 bits per heavy atom. The molecule has 4 amide bonds. The van der Waals surface area contributed by atoms with E-state index in [9.17, 15) is 14.4 Å². The van der Waals surface area contributed by atoms with E-state index in [1.54, 1.807) is 30.3 Å². The van der Waals surface area contributed by atoms with Gasteiger partial charge in [-0.2, -0.15) is 0 Å². The summed E-state index contributed by atoms with van der Waals surface area (Å²) in [5.41, 5.74) is 4.03. The Bertz CT molecular complexity index is 952. The van der Waals surface area contributed by atoms with Gasteiger partial charge in [-0.05, 0) is 54.7 Å². The normalized spacial score (nSPS) is 18.9. The highest BCUT2D eigenvalue weighted by molar-refractivity contribution is 6.28. The Labute approximate surface area is 156 Å². The van der Waals surface area contributed by atoms with Crippen molar-refractivity contribution in [3.63, 3.8) is 0 Å². The molecule has 0 aromatic heterocycles. The number of fused-ring (bicyclic) bond motifs is 1. The molecule has 1 atom stereocenters. The highest BCUT2D eigenvalue weighted by Gasteiger charge is 2.42. The zero-order valence-electron chi connectivity index (χ0n) is 14.7. The lowest BCUT2D eigenvalue weighted by Gasteiger charge is -2.31. The lowest BCUT2D eigenvalue weighted by Crippen LogP contribution is -2.59. The number of aryl methyl sites for hydroxylation is 2. The second-order valence-electron chi connectivity index (χ2n) is 6.72. The maximum absolute atomic E-state index is 12.9. The van der Waals surface area contributed by atoms with Gasteiger partial charge in [0.05, 0.1) is 5.69 Å². The van der Waals surface area contributed by atoms with Gasteiger partial charge >= 0.3 is 6.03 Å². The number of nitrogens with zero attached hydrogens (tertiary/aromatic N) is 1. The smallest absolute Gasteiger partial charge is 0.335 e. The summed E-state index contributed by atoms with van der Waals surface area (Å²) in [5.74, 6) is -2.47. The fraction of sp³-hybridized carbons (Fsp3) is 0.190. The molecule has 0 saturated carbocycles. The van der Waals surface area contributed by atoms with Crippen molar-refractivity contribution in [3.05, 3.63) is 71.9 Å². The highest BCUT2D eigenvalue weighted by atomic mass is 16.2. The molecule has 4 rings (SSSR count). The minimum atomic E-state index is -1.18. The number of imide groups is 2. The maximum Gasteiger partial charge on any atom is 0.335 e. The van der Waals surface area contributed by atoms with Crippen molar-refractivity contribution in [1.82, 2.24) is 5.32 Å². The largest absolute Gasteiger partial charge is 0.358 e. The van der Waals surface area contributed by atoms with E-state index in [4.69, 9.17) is 0 Å². The summed E-state index contributed by atoms with van der Waals surface area (Å²) in [6.45, 7) is 3.89. The van der Waals surface area contributed by atoms with Crippen molar-refractivity contribution < 1.29 is 14.4 Å². The molecule has 1 aliphatic heterocycles. The van der Waals surface area contributed by atoms with Crippen molar-refractivity contribution in [2.24, 2.45) is 5.92 Å². The molecule has 2 aromatic rings. The Morgan fingerprint density at radius 2 is 1.78 bits per heavy atom. The molecule has 2 N–H and O–H groups in total. The van der Waals surface area contributed by atoms with Crippen molar-refractivity contribution >= 4 is 29.2 Å². The average Bonchev–Trinajstić information content (AvgIpc) is 3.10.